The number of imidazole rings is 1. The van der Waals surface area contributed by atoms with Crippen molar-refractivity contribution in [1.29, 1.82) is 0 Å². The van der Waals surface area contributed by atoms with E-state index in [0.717, 1.165) is 24.2 Å². The number of hydrogen-bond donors (Lipinski definition) is 2. The van der Waals surface area contributed by atoms with Gasteiger partial charge in [0.2, 0.25) is 5.91 Å². The number of aromatic nitrogens is 3. The highest BCUT2D eigenvalue weighted by molar-refractivity contribution is 6.04. The van der Waals surface area contributed by atoms with Crippen LogP contribution in [-0.2, 0) is 4.79 Å². The molecule has 2 amide bonds. The van der Waals surface area contributed by atoms with E-state index in [2.05, 4.69) is 16.9 Å². The lowest BCUT2D eigenvalue weighted by Gasteiger charge is -2.22. The summed E-state index contributed by atoms with van der Waals surface area (Å²) in [5.41, 5.74) is 9.73. The van der Waals surface area contributed by atoms with E-state index in [9.17, 15) is 9.59 Å². The molecule has 0 bridgehead atoms. The molecule has 3 heterocycles. The van der Waals surface area contributed by atoms with Gasteiger partial charge >= 0.3 is 0 Å². The fourth-order valence-electron chi connectivity index (χ4n) is 4.44. The fourth-order valence-corrected chi connectivity index (χ4v) is 4.44. The third-order valence-electron chi connectivity index (χ3n) is 6.07. The summed E-state index contributed by atoms with van der Waals surface area (Å²) in [6.07, 6.45) is 6.50. The first-order chi connectivity index (χ1) is 16.6. The van der Waals surface area contributed by atoms with E-state index >= 15 is 0 Å². The molecular weight excluding hydrogens is 428 g/mol. The number of nitrogens with zero attached hydrogens (tertiary/aromatic N) is 4. The van der Waals surface area contributed by atoms with Crippen molar-refractivity contribution in [3.8, 4) is 11.3 Å². The number of hydrogen-bond acceptors (Lipinski definition) is 5. The maximum Gasteiger partial charge on any atom is 0.255 e. The molecule has 5 rings (SSSR count). The number of fused-ring (bicyclic) bond motifs is 1. The number of nitrogens with one attached hydrogen (secondary N) is 1. The molecule has 8 nitrogen and oxygen atoms in total. The van der Waals surface area contributed by atoms with Crippen LogP contribution in [0.2, 0.25) is 0 Å². The smallest absolute Gasteiger partial charge is 0.255 e. The molecule has 0 aliphatic carbocycles. The van der Waals surface area contributed by atoms with Crippen molar-refractivity contribution in [3.05, 3.63) is 91.0 Å². The second kappa shape index (κ2) is 8.82. The van der Waals surface area contributed by atoms with Gasteiger partial charge in [0.1, 0.15) is 22.9 Å². The first-order valence-corrected chi connectivity index (χ1v) is 11.1. The zero-order chi connectivity index (χ0) is 23.7. The van der Waals surface area contributed by atoms with E-state index < -0.39 is 0 Å². The van der Waals surface area contributed by atoms with Crippen LogP contribution in [0.15, 0.2) is 79.6 Å². The van der Waals surface area contributed by atoms with E-state index in [1.807, 2.05) is 53.1 Å². The topological polar surface area (TPSA) is 106 Å². The van der Waals surface area contributed by atoms with Crippen molar-refractivity contribution in [2.75, 3.05) is 17.6 Å². The molecule has 1 aliphatic heterocycles. The predicted molar refractivity (Wildman–Crippen MR) is 131 cm³/mol. The van der Waals surface area contributed by atoms with Gasteiger partial charge in [-0.15, -0.1) is 0 Å². The highest BCUT2D eigenvalue weighted by Crippen LogP contribution is 2.36. The van der Waals surface area contributed by atoms with Gasteiger partial charge in [-0.2, -0.15) is 0 Å². The minimum Gasteiger partial charge on any atom is -0.382 e. The Bertz CT molecular complexity index is 1380. The number of carbonyl (C=O) groups excluding carboxylic acids is 2. The van der Waals surface area contributed by atoms with Crippen LogP contribution in [0.1, 0.15) is 35.1 Å². The standard InChI is InChI=1S/C26H24N6O2/c1-2-21(33)31-15-6-9-20(31)25-30-22(23-24(27)28-14-16-32(23)25)17-10-12-19(13-11-17)29-26(34)18-7-4-3-5-8-18/h2-5,7-8,10-14,16,20H,1,6,9,15H2,(H2,27,28)(H,29,34)/t20-/m0/s1. The van der Waals surface area contributed by atoms with Crippen molar-refractivity contribution in [2.24, 2.45) is 0 Å². The Balaban J connectivity index is 1.50. The van der Waals surface area contributed by atoms with Gasteiger partial charge < -0.3 is 16.0 Å². The molecule has 0 unspecified atom stereocenters. The molecule has 34 heavy (non-hydrogen) atoms. The first kappa shape index (κ1) is 21.4. The van der Waals surface area contributed by atoms with Gasteiger partial charge in [0.25, 0.3) is 5.91 Å². The van der Waals surface area contributed by atoms with E-state index in [0.29, 0.717) is 34.8 Å². The summed E-state index contributed by atoms with van der Waals surface area (Å²) < 4.78 is 1.92. The average molecular weight is 453 g/mol. The fraction of sp³-hybridized carbons (Fsp3) is 0.154. The Hall–Kier alpha value is -4.46. The number of anilines is 2. The van der Waals surface area contributed by atoms with Crippen molar-refractivity contribution in [3.63, 3.8) is 0 Å². The molecule has 1 fully saturated rings. The zero-order valence-corrected chi connectivity index (χ0v) is 18.5. The Labute approximate surface area is 196 Å². The molecule has 1 atom stereocenters. The van der Waals surface area contributed by atoms with Gasteiger partial charge in [0.05, 0.1) is 6.04 Å². The molecule has 1 saturated heterocycles. The largest absolute Gasteiger partial charge is 0.382 e. The average Bonchev–Trinajstić information content (AvgIpc) is 3.50. The summed E-state index contributed by atoms with van der Waals surface area (Å²) in [6.45, 7) is 4.30. The highest BCUT2D eigenvalue weighted by Gasteiger charge is 2.33. The number of likely N-dealkylation sites (tertiary alicyclic amines) is 1. The van der Waals surface area contributed by atoms with Crippen molar-refractivity contribution in [1.82, 2.24) is 19.3 Å². The van der Waals surface area contributed by atoms with Crippen LogP contribution in [0.5, 0.6) is 0 Å². The van der Waals surface area contributed by atoms with Gasteiger partial charge in [-0.25, -0.2) is 9.97 Å². The molecule has 2 aromatic carbocycles. The summed E-state index contributed by atoms with van der Waals surface area (Å²) in [4.78, 5) is 35.9. The summed E-state index contributed by atoms with van der Waals surface area (Å²) in [5.74, 6) is 0.816. The second-order valence-electron chi connectivity index (χ2n) is 8.14. The van der Waals surface area contributed by atoms with Gasteiger partial charge in [-0.3, -0.25) is 14.0 Å². The summed E-state index contributed by atoms with van der Waals surface area (Å²) in [6, 6.07) is 16.3. The second-order valence-corrected chi connectivity index (χ2v) is 8.14. The van der Waals surface area contributed by atoms with E-state index in [1.54, 1.807) is 23.2 Å². The number of rotatable bonds is 5. The Morgan fingerprint density at radius 1 is 1.12 bits per heavy atom. The van der Waals surface area contributed by atoms with Gasteiger partial charge in [0.15, 0.2) is 0 Å². The molecule has 2 aromatic heterocycles. The molecule has 1 aliphatic rings. The lowest BCUT2D eigenvalue weighted by atomic mass is 10.1. The molecule has 0 spiro atoms. The van der Waals surface area contributed by atoms with Gasteiger partial charge in [-0.05, 0) is 43.2 Å². The number of amides is 2. The van der Waals surface area contributed by atoms with Crippen LogP contribution in [0.4, 0.5) is 11.5 Å². The lowest BCUT2D eigenvalue weighted by molar-refractivity contribution is -0.127. The molecule has 3 N–H and O–H groups in total. The normalized spacial score (nSPS) is 15.4. The number of nitrogens with two attached hydrogens (primary N) is 1. The monoisotopic (exact) mass is 452 g/mol. The lowest BCUT2D eigenvalue weighted by Crippen LogP contribution is -2.29. The van der Waals surface area contributed by atoms with Crippen molar-refractivity contribution >= 4 is 28.8 Å². The van der Waals surface area contributed by atoms with E-state index in [4.69, 9.17) is 10.7 Å². The number of nitrogen functional groups attached to an aromatic ring is 1. The quantitative estimate of drug-likeness (QED) is 0.444. The molecule has 0 radical (unpaired) electrons. The van der Waals surface area contributed by atoms with E-state index in [1.165, 1.54) is 6.08 Å². The summed E-state index contributed by atoms with van der Waals surface area (Å²) in [7, 11) is 0. The summed E-state index contributed by atoms with van der Waals surface area (Å²) in [5, 5.41) is 2.90. The maximum atomic E-state index is 12.5. The molecule has 4 aromatic rings. The summed E-state index contributed by atoms with van der Waals surface area (Å²) >= 11 is 0. The van der Waals surface area contributed by atoms with Crippen LogP contribution in [-0.4, -0.2) is 37.6 Å². The Morgan fingerprint density at radius 3 is 2.62 bits per heavy atom. The molecular formula is C26H24N6O2. The molecule has 170 valence electrons. The third kappa shape index (κ3) is 3.79. The highest BCUT2D eigenvalue weighted by atomic mass is 16.2. The van der Waals surface area contributed by atoms with Gasteiger partial charge in [-0.1, -0.05) is 36.9 Å². The van der Waals surface area contributed by atoms with Crippen LogP contribution < -0.4 is 11.1 Å². The van der Waals surface area contributed by atoms with Crippen LogP contribution in [0.25, 0.3) is 16.8 Å². The van der Waals surface area contributed by atoms with Gasteiger partial charge in [0, 0.05) is 35.8 Å². The van der Waals surface area contributed by atoms with Crippen LogP contribution in [0.3, 0.4) is 0 Å². The van der Waals surface area contributed by atoms with E-state index in [-0.39, 0.29) is 17.9 Å². The minimum absolute atomic E-state index is 0.110. The molecule has 8 heteroatoms. The number of carbonyl (C=O) groups is 2. The Morgan fingerprint density at radius 2 is 1.88 bits per heavy atom. The van der Waals surface area contributed by atoms with Crippen LogP contribution in [0, 0.1) is 0 Å². The van der Waals surface area contributed by atoms with Crippen molar-refractivity contribution < 1.29 is 9.59 Å². The molecule has 0 saturated carbocycles. The SMILES string of the molecule is C=CC(=O)N1CCC[C@H]1c1nc(-c2ccc(NC(=O)c3ccccc3)cc2)c2c(N)nccn12. The predicted octanol–water partition coefficient (Wildman–Crippen LogP) is 4.08. The minimum atomic E-state index is -0.176. The van der Waals surface area contributed by atoms with Crippen LogP contribution >= 0.6 is 0 Å². The zero-order valence-electron chi connectivity index (χ0n) is 18.5. The third-order valence-corrected chi connectivity index (χ3v) is 6.07. The number of benzene rings is 2. The Kier molecular flexibility index (Phi) is 5.55. The first-order valence-electron chi connectivity index (χ1n) is 11.1. The maximum absolute atomic E-state index is 12.5. The van der Waals surface area contributed by atoms with Crippen molar-refractivity contribution in [2.45, 2.75) is 18.9 Å².